The fourth-order valence-corrected chi connectivity index (χ4v) is 2.96. The molecule has 1 atom stereocenters. The van der Waals surface area contributed by atoms with E-state index in [0.717, 1.165) is 0 Å². The molecule has 0 radical (unpaired) electrons. The average molecular weight is 343 g/mol. The Bertz CT molecular complexity index is 977. The molecular weight excluding hydrogens is 322 g/mol. The Balaban J connectivity index is 1.71. The van der Waals surface area contributed by atoms with Crippen molar-refractivity contribution >= 4 is 16.7 Å². The van der Waals surface area contributed by atoms with Gasteiger partial charge < -0.3 is 4.74 Å². The van der Waals surface area contributed by atoms with Crippen molar-refractivity contribution in [1.29, 1.82) is 0 Å². The van der Waals surface area contributed by atoms with Gasteiger partial charge in [-0.15, -0.1) is 0 Å². The molecule has 26 heavy (non-hydrogen) atoms. The Morgan fingerprint density at radius 3 is 2.62 bits per heavy atom. The van der Waals surface area contributed by atoms with Crippen LogP contribution in [-0.2, 0) is 4.74 Å². The standard InChI is InChI=1S/C23H21NO2/c1-17(20-15-7-11-18-9-3-5-13-21(18)20)24-16-8-12-19-10-4-6-14-22(19)23(25)26-2/h3-7,9-11,13-15,17,24H,16H2,1-2H3/t17-/m1/s1. The van der Waals surface area contributed by atoms with Gasteiger partial charge >= 0.3 is 5.97 Å². The maximum atomic E-state index is 11.8. The predicted molar refractivity (Wildman–Crippen MR) is 105 cm³/mol. The van der Waals surface area contributed by atoms with Crippen molar-refractivity contribution in [2.45, 2.75) is 13.0 Å². The van der Waals surface area contributed by atoms with Gasteiger partial charge in [0, 0.05) is 11.6 Å². The number of ether oxygens (including phenoxy) is 1. The van der Waals surface area contributed by atoms with Gasteiger partial charge in [0.2, 0.25) is 0 Å². The lowest BCUT2D eigenvalue weighted by Crippen LogP contribution is -2.19. The molecule has 130 valence electrons. The Morgan fingerprint density at radius 2 is 1.77 bits per heavy atom. The summed E-state index contributed by atoms with van der Waals surface area (Å²) in [4.78, 5) is 11.8. The highest BCUT2D eigenvalue weighted by atomic mass is 16.5. The van der Waals surface area contributed by atoms with Crippen LogP contribution in [0.1, 0.15) is 34.5 Å². The van der Waals surface area contributed by atoms with Crippen molar-refractivity contribution in [3.63, 3.8) is 0 Å². The minimum atomic E-state index is -0.369. The summed E-state index contributed by atoms with van der Waals surface area (Å²) in [6.45, 7) is 2.66. The third-order valence-electron chi connectivity index (χ3n) is 4.34. The summed E-state index contributed by atoms with van der Waals surface area (Å²) >= 11 is 0. The molecule has 0 spiro atoms. The topological polar surface area (TPSA) is 38.3 Å². The molecule has 0 heterocycles. The van der Waals surface area contributed by atoms with Crippen molar-refractivity contribution in [1.82, 2.24) is 5.32 Å². The summed E-state index contributed by atoms with van der Waals surface area (Å²) in [5, 5.41) is 5.92. The van der Waals surface area contributed by atoms with E-state index in [1.807, 2.05) is 12.1 Å². The first-order valence-corrected chi connectivity index (χ1v) is 8.58. The number of carbonyl (C=O) groups is 1. The van der Waals surface area contributed by atoms with Crippen LogP contribution in [0, 0.1) is 11.8 Å². The molecule has 0 aliphatic rings. The molecule has 3 heteroatoms. The van der Waals surface area contributed by atoms with Crippen LogP contribution in [-0.4, -0.2) is 19.6 Å². The van der Waals surface area contributed by atoms with Crippen LogP contribution in [0.4, 0.5) is 0 Å². The molecule has 0 bridgehead atoms. The van der Waals surface area contributed by atoms with E-state index in [1.165, 1.54) is 23.4 Å². The van der Waals surface area contributed by atoms with Gasteiger partial charge in [0.05, 0.1) is 19.2 Å². The van der Waals surface area contributed by atoms with Gasteiger partial charge in [-0.2, -0.15) is 0 Å². The van der Waals surface area contributed by atoms with Gasteiger partial charge in [-0.3, -0.25) is 5.32 Å². The van der Waals surface area contributed by atoms with Crippen LogP contribution in [0.2, 0.25) is 0 Å². The smallest absolute Gasteiger partial charge is 0.339 e. The molecule has 0 saturated carbocycles. The summed E-state index contributed by atoms with van der Waals surface area (Å²) in [6.07, 6.45) is 0. The van der Waals surface area contributed by atoms with Gasteiger partial charge in [-0.1, -0.05) is 66.4 Å². The third kappa shape index (κ3) is 3.93. The normalized spacial score (nSPS) is 11.5. The minimum Gasteiger partial charge on any atom is -0.465 e. The lowest BCUT2D eigenvalue weighted by Gasteiger charge is -2.15. The number of nitrogens with one attached hydrogen (secondary N) is 1. The van der Waals surface area contributed by atoms with E-state index in [9.17, 15) is 4.79 Å². The number of hydrogen-bond acceptors (Lipinski definition) is 3. The fourth-order valence-electron chi connectivity index (χ4n) is 2.96. The zero-order chi connectivity index (χ0) is 18.4. The monoisotopic (exact) mass is 343 g/mol. The summed E-state index contributed by atoms with van der Waals surface area (Å²) < 4.78 is 4.80. The van der Waals surface area contributed by atoms with Crippen molar-refractivity contribution in [3.8, 4) is 11.8 Å². The zero-order valence-electron chi connectivity index (χ0n) is 15.0. The number of rotatable bonds is 4. The Morgan fingerprint density at radius 1 is 1.04 bits per heavy atom. The largest absolute Gasteiger partial charge is 0.465 e. The van der Waals surface area contributed by atoms with Crippen molar-refractivity contribution < 1.29 is 9.53 Å². The maximum absolute atomic E-state index is 11.8. The minimum absolute atomic E-state index is 0.172. The zero-order valence-corrected chi connectivity index (χ0v) is 15.0. The molecule has 3 rings (SSSR count). The van der Waals surface area contributed by atoms with Gasteiger partial charge in [-0.25, -0.2) is 4.79 Å². The molecule has 0 unspecified atom stereocenters. The van der Waals surface area contributed by atoms with Crippen LogP contribution in [0.3, 0.4) is 0 Å². The number of methoxy groups -OCH3 is 1. The van der Waals surface area contributed by atoms with Crippen molar-refractivity contribution in [3.05, 3.63) is 83.4 Å². The van der Waals surface area contributed by atoms with E-state index in [0.29, 0.717) is 17.7 Å². The predicted octanol–water partition coefficient (Wildman–Crippen LogP) is 4.33. The summed E-state index contributed by atoms with van der Waals surface area (Å²) in [7, 11) is 1.37. The maximum Gasteiger partial charge on any atom is 0.339 e. The first-order chi connectivity index (χ1) is 12.7. The second-order valence-electron chi connectivity index (χ2n) is 6.01. The van der Waals surface area contributed by atoms with Gasteiger partial charge in [0.1, 0.15) is 0 Å². The number of esters is 1. The van der Waals surface area contributed by atoms with E-state index in [2.05, 4.69) is 66.5 Å². The van der Waals surface area contributed by atoms with Crippen LogP contribution >= 0.6 is 0 Å². The molecule has 0 saturated heterocycles. The molecule has 3 aromatic carbocycles. The average Bonchev–Trinajstić information content (AvgIpc) is 2.70. The molecule has 3 aromatic rings. The summed E-state index contributed by atoms with van der Waals surface area (Å²) in [5.41, 5.74) is 2.42. The quantitative estimate of drug-likeness (QED) is 0.566. The number of benzene rings is 3. The summed E-state index contributed by atoms with van der Waals surface area (Å²) in [6, 6.07) is 22.1. The van der Waals surface area contributed by atoms with Crippen LogP contribution in [0.25, 0.3) is 10.8 Å². The van der Waals surface area contributed by atoms with Crippen LogP contribution < -0.4 is 5.32 Å². The Labute approximate surface area is 154 Å². The van der Waals surface area contributed by atoms with Crippen LogP contribution in [0.15, 0.2) is 66.7 Å². The van der Waals surface area contributed by atoms with Gasteiger partial charge in [-0.05, 0) is 35.4 Å². The molecule has 0 fully saturated rings. The molecule has 3 nitrogen and oxygen atoms in total. The molecular formula is C23H21NO2. The van der Waals surface area contributed by atoms with E-state index in [-0.39, 0.29) is 12.0 Å². The number of fused-ring (bicyclic) bond motifs is 1. The van der Waals surface area contributed by atoms with E-state index >= 15 is 0 Å². The van der Waals surface area contributed by atoms with E-state index in [1.54, 1.807) is 12.1 Å². The fraction of sp³-hybridized carbons (Fsp3) is 0.174. The van der Waals surface area contributed by atoms with Gasteiger partial charge in [0.25, 0.3) is 0 Å². The van der Waals surface area contributed by atoms with Crippen LogP contribution in [0.5, 0.6) is 0 Å². The Kier molecular flexibility index (Phi) is 5.68. The Hall–Kier alpha value is -3.09. The molecule has 0 aliphatic carbocycles. The summed E-state index contributed by atoms with van der Waals surface area (Å²) in [5.74, 6) is 5.79. The first kappa shape index (κ1) is 17.7. The SMILES string of the molecule is COC(=O)c1ccccc1C#CCN[C@H](C)c1cccc2ccccc12. The number of hydrogen-bond donors (Lipinski definition) is 1. The highest BCUT2D eigenvalue weighted by Gasteiger charge is 2.09. The number of carbonyl (C=O) groups excluding carboxylic acids is 1. The lowest BCUT2D eigenvalue weighted by molar-refractivity contribution is 0.0600. The highest BCUT2D eigenvalue weighted by molar-refractivity contribution is 5.92. The highest BCUT2D eigenvalue weighted by Crippen LogP contribution is 2.23. The lowest BCUT2D eigenvalue weighted by atomic mass is 10.00. The van der Waals surface area contributed by atoms with Crippen molar-refractivity contribution in [2.24, 2.45) is 0 Å². The third-order valence-corrected chi connectivity index (χ3v) is 4.34. The molecule has 0 aromatic heterocycles. The molecule has 0 amide bonds. The van der Waals surface area contributed by atoms with Gasteiger partial charge in [0.15, 0.2) is 0 Å². The van der Waals surface area contributed by atoms with Crippen molar-refractivity contribution in [2.75, 3.05) is 13.7 Å². The molecule has 1 N–H and O–H groups in total. The van der Waals surface area contributed by atoms with E-state index in [4.69, 9.17) is 4.74 Å². The second kappa shape index (κ2) is 8.33. The first-order valence-electron chi connectivity index (χ1n) is 8.58. The van der Waals surface area contributed by atoms with E-state index < -0.39 is 0 Å². The molecule has 0 aliphatic heterocycles. The second-order valence-corrected chi connectivity index (χ2v) is 6.01.